The molecule has 0 spiro atoms. The van der Waals surface area contributed by atoms with Gasteiger partial charge in [0.05, 0.1) is 20.3 Å². The zero-order valence-electron chi connectivity index (χ0n) is 20.9. The van der Waals surface area contributed by atoms with Crippen LogP contribution in [0.25, 0.3) is 0 Å². The normalized spacial score (nSPS) is 16.5. The predicted octanol–water partition coefficient (Wildman–Crippen LogP) is -0.254. The summed E-state index contributed by atoms with van der Waals surface area (Å²) < 4.78 is 10.4. The standard InChI is InChI=1S/C24H34N4O8/c1-13(2)10-16(22(32)26-15(17(30)12-29)11-14-8-9-25-21(14)31)27-23(33)24(34)28-20-18(35-3)6-5-7-19(20)36-4/h5-7,13-16,29H,8-12H2,1-4H3,(H,25,31)(H,26,32)(H,27,33)(H,28,34)/t14-,15-,16-/m0/s1. The number of anilines is 1. The molecule has 0 aliphatic carbocycles. The molecule has 1 aromatic carbocycles. The molecule has 36 heavy (non-hydrogen) atoms. The second-order valence-corrected chi connectivity index (χ2v) is 8.85. The Kier molecular flexibility index (Phi) is 10.7. The van der Waals surface area contributed by atoms with Gasteiger partial charge in [-0.2, -0.15) is 0 Å². The number of carbonyl (C=O) groups is 5. The summed E-state index contributed by atoms with van der Waals surface area (Å²) in [5, 5.41) is 19.4. The molecule has 1 fully saturated rings. The van der Waals surface area contributed by atoms with Crippen LogP contribution in [0.15, 0.2) is 18.2 Å². The van der Waals surface area contributed by atoms with E-state index in [4.69, 9.17) is 9.47 Å². The van der Waals surface area contributed by atoms with Gasteiger partial charge < -0.3 is 35.8 Å². The van der Waals surface area contributed by atoms with Gasteiger partial charge in [0.25, 0.3) is 0 Å². The molecule has 0 unspecified atom stereocenters. The number of para-hydroxylation sites is 1. The first kappa shape index (κ1) is 28.6. The van der Waals surface area contributed by atoms with Gasteiger partial charge in [0.15, 0.2) is 5.78 Å². The maximum absolute atomic E-state index is 13.1. The minimum Gasteiger partial charge on any atom is -0.494 e. The van der Waals surface area contributed by atoms with Gasteiger partial charge in [-0.15, -0.1) is 0 Å². The fourth-order valence-electron chi connectivity index (χ4n) is 3.88. The van der Waals surface area contributed by atoms with Crippen molar-refractivity contribution in [3.8, 4) is 11.5 Å². The molecule has 0 saturated carbocycles. The lowest BCUT2D eigenvalue weighted by Crippen LogP contribution is -2.54. The first-order valence-corrected chi connectivity index (χ1v) is 11.7. The van der Waals surface area contributed by atoms with Crippen molar-refractivity contribution in [1.29, 1.82) is 0 Å². The van der Waals surface area contributed by atoms with Crippen LogP contribution in [0.1, 0.15) is 33.1 Å². The second kappa shape index (κ2) is 13.4. The monoisotopic (exact) mass is 506 g/mol. The van der Waals surface area contributed by atoms with Crippen LogP contribution in [-0.4, -0.2) is 74.0 Å². The minimum atomic E-state index is -1.14. The van der Waals surface area contributed by atoms with Crippen molar-refractivity contribution in [2.24, 2.45) is 11.8 Å². The molecule has 4 amide bonds. The van der Waals surface area contributed by atoms with Gasteiger partial charge in [-0.05, 0) is 37.3 Å². The van der Waals surface area contributed by atoms with Crippen LogP contribution in [0.3, 0.4) is 0 Å². The van der Waals surface area contributed by atoms with E-state index in [0.29, 0.717) is 13.0 Å². The number of aliphatic hydroxyl groups excluding tert-OH is 1. The number of methoxy groups -OCH3 is 2. The average molecular weight is 507 g/mol. The quantitative estimate of drug-likeness (QED) is 0.241. The van der Waals surface area contributed by atoms with E-state index in [1.165, 1.54) is 14.2 Å². The van der Waals surface area contributed by atoms with Gasteiger partial charge in [0.2, 0.25) is 11.8 Å². The molecule has 1 aliphatic heterocycles. The van der Waals surface area contributed by atoms with Gasteiger partial charge in [-0.25, -0.2) is 0 Å². The second-order valence-electron chi connectivity index (χ2n) is 8.85. The van der Waals surface area contributed by atoms with Gasteiger partial charge in [-0.3, -0.25) is 24.0 Å². The molecule has 2 rings (SSSR count). The Morgan fingerprint density at radius 2 is 1.69 bits per heavy atom. The Balaban J connectivity index is 2.14. The van der Waals surface area contributed by atoms with E-state index in [2.05, 4.69) is 21.3 Å². The molecule has 5 N–H and O–H groups in total. The predicted molar refractivity (Wildman–Crippen MR) is 129 cm³/mol. The topological polar surface area (TPSA) is 172 Å². The van der Waals surface area contributed by atoms with Crippen molar-refractivity contribution in [3.63, 3.8) is 0 Å². The molecule has 3 atom stereocenters. The van der Waals surface area contributed by atoms with E-state index < -0.39 is 48.1 Å². The van der Waals surface area contributed by atoms with Crippen LogP contribution < -0.4 is 30.7 Å². The molecule has 0 bridgehead atoms. The SMILES string of the molecule is COc1cccc(OC)c1NC(=O)C(=O)N[C@@H](CC(C)C)C(=O)N[C@@H](C[C@@H]1CCNC1=O)C(=O)CO. The van der Waals surface area contributed by atoms with Gasteiger partial charge in [0, 0.05) is 12.5 Å². The highest BCUT2D eigenvalue weighted by Gasteiger charge is 2.33. The molecular weight excluding hydrogens is 472 g/mol. The van der Waals surface area contributed by atoms with Gasteiger partial charge >= 0.3 is 11.8 Å². The average Bonchev–Trinajstić information content (AvgIpc) is 3.26. The highest BCUT2D eigenvalue weighted by atomic mass is 16.5. The summed E-state index contributed by atoms with van der Waals surface area (Å²) in [6.07, 6.45) is 0.697. The minimum absolute atomic E-state index is 0.0212. The molecule has 198 valence electrons. The number of rotatable bonds is 12. The van der Waals surface area contributed by atoms with Crippen LogP contribution in [0.5, 0.6) is 11.5 Å². The molecular formula is C24H34N4O8. The Labute approximate surface area is 209 Å². The number of carbonyl (C=O) groups excluding carboxylic acids is 5. The van der Waals surface area contributed by atoms with E-state index in [1.807, 2.05) is 13.8 Å². The lowest BCUT2D eigenvalue weighted by Gasteiger charge is -2.24. The van der Waals surface area contributed by atoms with Crippen LogP contribution in [0.2, 0.25) is 0 Å². The third-order valence-electron chi connectivity index (χ3n) is 5.75. The van der Waals surface area contributed by atoms with Gasteiger partial charge in [-0.1, -0.05) is 19.9 Å². The number of ether oxygens (including phenoxy) is 2. The first-order valence-electron chi connectivity index (χ1n) is 11.7. The number of amides is 4. The van der Waals surface area contributed by atoms with Gasteiger partial charge in [0.1, 0.15) is 29.8 Å². The van der Waals surface area contributed by atoms with E-state index in [1.54, 1.807) is 18.2 Å². The third-order valence-corrected chi connectivity index (χ3v) is 5.75. The highest BCUT2D eigenvalue weighted by Crippen LogP contribution is 2.34. The molecule has 1 aromatic rings. The third kappa shape index (κ3) is 7.67. The Morgan fingerprint density at radius 3 is 2.19 bits per heavy atom. The molecule has 0 aromatic heterocycles. The maximum Gasteiger partial charge on any atom is 0.313 e. The van der Waals surface area contributed by atoms with Crippen molar-refractivity contribution >= 4 is 35.1 Å². The van der Waals surface area contributed by atoms with Crippen molar-refractivity contribution in [3.05, 3.63) is 18.2 Å². The smallest absolute Gasteiger partial charge is 0.313 e. The number of Topliss-reactive ketones (excluding diaryl/α,β-unsaturated/α-hetero) is 1. The number of hydrogen-bond acceptors (Lipinski definition) is 8. The number of hydrogen-bond donors (Lipinski definition) is 5. The Bertz CT molecular complexity index is 959. The molecule has 12 heteroatoms. The van der Waals surface area contributed by atoms with Crippen molar-refractivity contribution < 1.29 is 38.6 Å². The van der Waals surface area contributed by atoms with Crippen LogP contribution in [0, 0.1) is 11.8 Å². The number of benzene rings is 1. The molecule has 1 heterocycles. The summed E-state index contributed by atoms with van der Waals surface area (Å²) in [7, 11) is 2.79. The molecule has 0 radical (unpaired) electrons. The zero-order valence-corrected chi connectivity index (χ0v) is 20.9. The van der Waals surface area contributed by atoms with E-state index >= 15 is 0 Å². The van der Waals surface area contributed by atoms with E-state index in [9.17, 15) is 29.1 Å². The summed E-state index contributed by atoms with van der Waals surface area (Å²) in [6, 6.07) is 2.54. The van der Waals surface area contributed by atoms with Crippen LogP contribution in [0.4, 0.5) is 5.69 Å². The Hall–Kier alpha value is -3.67. The van der Waals surface area contributed by atoms with Crippen LogP contribution >= 0.6 is 0 Å². The van der Waals surface area contributed by atoms with Crippen molar-refractivity contribution in [1.82, 2.24) is 16.0 Å². The summed E-state index contributed by atoms with van der Waals surface area (Å²) >= 11 is 0. The highest BCUT2D eigenvalue weighted by molar-refractivity contribution is 6.40. The lowest BCUT2D eigenvalue weighted by atomic mass is 9.95. The Morgan fingerprint density at radius 1 is 1.06 bits per heavy atom. The lowest BCUT2D eigenvalue weighted by molar-refractivity contribution is -0.138. The van der Waals surface area contributed by atoms with Crippen LogP contribution in [-0.2, 0) is 24.0 Å². The number of nitrogens with one attached hydrogen (secondary N) is 4. The summed E-state index contributed by atoms with van der Waals surface area (Å²) in [5.41, 5.74) is 0.149. The molecule has 1 aliphatic rings. The summed E-state index contributed by atoms with van der Waals surface area (Å²) in [4.78, 5) is 62.6. The summed E-state index contributed by atoms with van der Waals surface area (Å²) in [5.74, 6) is -3.70. The first-order chi connectivity index (χ1) is 17.1. The fourth-order valence-corrected chi connectivity index (χ4v) is 3.88. The van der Waals surface area contributed by atoms with E-state index in [-0.39, 0.29) is 41.9 Å². The maximum atomic E-state index is 13.1. The zero-order chi connectivity index (χ0) is 26.8. The summed E-state index contributed by atoms with van der Waals surface area (Å²) in [6.45, 7) is 3.30. The molecule has 1 saturated heterocycles. The van der Waals surface area contributed by atoms with E-state index in [0.717, 1.165) is 0 Å². The fraction of sp³-hybridized carbons (Fsp3) is 0.542. The largest absolute Gasteiger partial charge is 0.494 e. The van der Waals surface area contributed by atoms with Crippen molar-refractivity contribution in [2.75, 3.05) is 32.7 Å². The number of aliphatic hydroxyl groups is 1. The molecule has 12 nitrogen and oxygen atoms in total. The van der Waals surface area contributed by atoms with Crippen molar-refractivity contribution in [2.45, 2.75) is 45.2 Å². The number of ketones is 1.